The number of hydrogen-bond donors (Lipinski definition) is 3. The van der Waals surface area contributed by atoms with E-state index in [1.807, 2.05) is 7.05 Å². The van der Waals surface area contributed by atoms with Crippen molar-refractivity contribution in [3.8, 4) is 0 Å². The molecule has 102 valence electrons. The van der Waals surface area contributed by atoms with Gasteiger partial charge < -0.3 is 5.32 Å². The number of nitrogens with zero attached hydrogens (tertiary/aromatic N) is 1. The Morgan fingerprint density at radius 3 is 2.39 bits per heavy atom. The lowest BCUT2D eigenvalue weighted by Gasteiger charge is -2.28. The molecule has 1 fully saturated rings. The first-order valence-corrected chi connectivity index (χ1v) is 7.71. The van der Waals surface area contributed by atoms with Crippen LogP contribution in [-0.4, -0.2) is 37.7 Å². The summed E-state index contributed by atoms with van der Waals surface area (Å²) in [5.74, 6) is 0. The molecule has 0 aliphatic heterocycles. The Bertz CT molecular complexity index is 489. The molecule has 6 nitrogen and oxygen atoms in total. The van der Waals surface area contributed by atoms with Crippen LogP contribution in [0, 0.1) is 6.92 Å². The molecule has 1 aliphatic rings. The van der Waals surface area contributed by atoms with E-state index in [4.69, 9.17) is 0 Å². The van der Waals surface area contributed by atoms with E-state index in [2.05, 4.69) is 20.2 Å². The summed E-state index contributed by atoms with van der Waals surface area (Å²) in [7, 11) is -1.49. The summed E-state index contributed by atoms with van der Waals surface area (Å²) >= 11 is 0. The van der Waals surface area contributed by atoms with E-state index in [0.717, 1.165) is 25.7 Å². The van der Waals surface area contributed by atoms with Crippen LogP contribution in [0.4, 0.5) is 0 Å². The van der Waals surface area contributed by atoms with Crippen molar-refractivity contribution in [2.45, 2.75) is 49.6 Å². The van der Waals surface area contributed by atoms with Crippen LogP contribution in [-0.2, 0) is 10.0 Å². The van der Waals surface area contributed by atoms with Crippen molar-refractivity contribution in [2.75, 3.05) is 7.05 Å². The second-order valence-electron chi connectivity index (χ2n) is 4.82. The zero-order valence-corrected chi connectivity index (χ0v) is 11.5. The van der Waals surface area contributed by atoms with E-state index >= 15 is 0 Å². The average Bonchev–Trinajstić information content (AvgIpc) is 2.77. The molecule has 0 atom stereocenters. The number of aromatic amines is 1. The van der Waals surface area contributed by atoms with Gasteiger partial charge >= 0.3 is 0 Å². The molecule has 0 bridgehead atoms. The van der Waals surface area contributed by atoms with E-state index in [0.29, 0.717) is 11.7 Å². The third-order valence-corrected chi connectivity index (χ3v) is 5.16. The van der Waals surface area contributed by atoms with Crippen molar-refractivity contribution >= 4 is 10.0 Å². The molecule has 0 aromatic carbocycles. The zero-order chi connectivity index (χ0) is 13.2. The van der Waals surface area contributed by atoms with E-state index in [1.165, 1.54) is 6.20 Å². The maximum Gasteiger partial charge on any atom is 0.244 e. The fourth-order valence-electron chi connectivity index (χ4n) is 2.39. The monoisotopic (exact) mass is 272 g/mol. The predicted molar refractivity (Wildman–Crippen MR) is 68.7 cm³/mol. The van der Waals surface area contributed by atoms with Gasteiger partial charge in [-0.3, -0.25) is 5.10 Å². The molecule has 0 unspecified atom stereocenters. The quantitative estimate of drug-likeness (QED) is 0.746. The smallest absolute Gasteiger partial charge is 0.244 e. The number of aromatic nitrogens is 2. The van der Waals surface area contributed by atoms with E-state index in [1.54, 1.807) is 6.92 Å². The van der Waals surface area contributed by atoms with Gasteiger partial charge in [0.05, 0.1) is 11.9 Å². The number of aryl methyl sites for hydroxylation is 1. The molecule has 1 saturated carbocycles. The molecule has 0 radical (unpaired) electrons. The zero-order valence-electron chi connectivity index (χ0n) is 10.7. The second-order valence-corrected chi connectivity index (χ2v) is 6.50. The number of nitrogens with one attached hydrogen (secondary N) is 3. The van der Waals surface area contributed by atoms with Crippen molar-refractivity contribution in [3.63, 3.8) is 0 Å². The number of rotatable bonds is 4. The highest BCUT2D eigenvalue weighted by Crippen LogP contribution is 2.21. The summed E-state index contributed by atoms with van der Waals surface area (Å²) in [5, 5.41) is 9.63. The topological polar surface area (TPSA) is 86.9 Å². The van der Waals surface area contributed by atoms with Crippen LogP contribution in [0.3, 0.4) is 0 Å². The number of hydrogen-bond acceptors (Lipinski definition) is 4. The van der Waals surface area contributed by atoms with Gasteiger partial charge in [0.15, 0.2) is 0 Å². The lowest BCUT2D eigenvalue weighted by molar-refractivity contribution is 0.343. The molecule has 1 aromatic rings. The van der Waals surface area contributed by atoms with Gasteiger partial charge in [-0.15, -0.1) is 0 Å². The number of sulfonamides is 1. The van der Waals surface area contributed by atoms with E-state index in [9.17, 15) is 8.42 Å². The normalized spacial score (nSPS) is 25.2. The molecule has 0 spiro atoms. The summed E-state index contributed by atoms with van der Waals surface area (Å²) in [6.45, 7) is 1.71. The summed E-state index contributed by atoms with van der Waals surface area (Å²) in [6.07, 6.45) is 5.13. The Balaban J connectivity index is 2.00. The fourth-order valence-corrected chi connectivity index (χ4v) is 3.84. The third kappa shape index (κ3) is 2.90. The van der Waals surface area contributed by atoms with Crippen molar-refractivity contribution in [2.24, 2.45) is 0 Å². The largest absolute Gasteiger partial charge is 0.317 e. The molecule has 2 rings (SSSR count). The van der Waals surface area contributed by atoms with E-state index in [-0.39, 0.29) is 10.9 Å². The highest BCUT2D eigenvalue weighted by molar-refractivity contribution is 7.89. The highest BCUT2D eigenvalue weighted by atomic mass is 32.2. The van der Waals surface area contributed by atoms with Crippen LogP contribution in [0.2, 0.25) is 0 Å². The van der Waals surface area contributed by atoms with Crippen LogP contribution in [0.1, 0.15) is 31.4 Å². The van der Waals surface area contributed by atoms with Crippen molar-refractivity contribution in [1.82, 2.24) is 20.2 Å². The Labute approximate surface area is 108 Å². The Hall–Kier alpha value is -0.920. The van der Waals surface area contributed by atoms with Gasteiger partial charge in [-0.2, -0.15) is 5.10 Å². The molecule has 0 saturated heterocycles. The summed E-state index contributed by atoms with van der Waals surface area (Å²) in [4.78, 5) is 0.248. The maximum absolute atomic E-state index is 12.1. The minimum absolute atomic E-state index is 0.0360. The average molecular weight is 272 g/mol. The minimum Gasteiger partial charge on any atom is -0.317 e. The standard InChI is InChI=1S/C11H20N4O2S/c1-8-11(7-13-14-8)18(16,17)15-10-5-3-9(12-2)4-6-10/h7,9-10,12,15H,3-6H2,1-2H3,(H,13,14). The van der Waals surface area contributed by atoms with Crippen molar-refractivity contribution < 1.29 is 8.42 Å². The Morgan fingerprint density at radius 2 is 1.89 bits per heavy atom. The molecule has 7 heteroatoms. The van der Waals surface area contributed by atoms with E-state index < -0.39 is 10.0 Å². The highest BCUT2D eigenvalue weighted by Gasteiger charge is 2.26. The van der Waals surface area contributed by atoms with Gasteiger partial charge in [-0.05, 0) is 39.7 Å². The SMILES string of the molecule is CNC1CCC(NS(=O)(=O)c2cn[nH]c2C)CC1. The van der Waals surface area contributed by atoms with Crippen LogP contribution < -0.4 is 10.0 Å². The molecular weight excluding hydrogens is 252 g/mol. The van der Waals surface area contributed by atoms with Crippen LogP contribution in [0.5, 0.6) is 0 Å². The molecule has 0 amide bonds. The molecule has 1 heterocycles. The van der Waals surface area contributed by atoms with Crippen molar-refractivity contribution in [1.29, 1.82) is 0 Å². The fraction of sp³-hybridized carbons (Fsp3) is 0.727. The van der Waals surface area contributed by atoms with Gasteiger partial charge in [0, 0.05) is 12.1 Å². The summed E-state index contributed by atoms with van der Waals surface area (Å²) in [6, 6.07) is 0.551. The predicted octanol–water partition coefficient (Wildman–Crippen LogP) is 0.527. The molecule has 18 heavy (non-hydrogen) atoms. The molecule has 3 N–H and O–H groups in total. The lowest BCUT2D eigenvalue weighted by atomic mass is 9.92. The Kier molecular flexibility index (Phi) is 4.04. The van der Waals surface area contributed by atoms with Crippen LogP contribution >= 0.6 is 0 Å². The molecular formula is C11H20N4O2S. The minimum atomic E-state index is -3.44. The van der Waals surface area contributed by atoms with Crippen molar-refractivity contribution in [3.05, 3.63) is 11.9 Å². The van der Waals surface area contributed by atoms with Crippen LogP contribution in [0.25, 0.3) is 0 Å². The first-order chi connectivity index (χ1) is 8.53. The van der Waals surface area contributed by atoms with Gasteiger partial charge in [-0.25, -0.2) is 13.1 Å². The molecule has 1 aliphatic carbocycles. The molecule has 1 aromatic heterocycles. The first-order valence-electron chi connectivity index (χ1n) is 6.22. The summed E-state index contributed by atoms with van der Waals surface area (Å²) < 4.78 is 27.1. The lowest BCUT2D eigenvalue weighted by Crippen LogP contribution is -2.41. The Morgan fingerprint density at radius 1 is 1.28 bits per heavy atom. The van der Waals surface area contributed by atoms with Gasteiger partial charge in [-0.1, -0.05) is 0 Å². The first kappa shape index (κ1) is 13.5. The van der Waals surface area contributed by atoms with Gasteiger partial charge in [0.2, 0.25) is 10.0 Å². The van der Waals surface area contributed by atoms with Gasteiger partial charge in [0.25, 0.3) is 0 Å². The number of H-pyrrole nitrogens is 1. The van der Waals surface area contributed by atoms with Gasteiger partial charge in [0.1, 0.15) is 4.90 Å². The summed E-state index contributed by atoms with van der Waals surface area (Å²) in [5.41, 5.74) is 0.575. The maximum atomic E-state index is 12.1. The third-order valence-electron chi connectivity index (χ3n) is 3.53. The second kappa shape index (κ2) is 5.38. The van der Waals surface area contributed by atoms with Crippen LogP contribution in [0.15, 0.2) is 11.1 Å².